The Morgan fingerprint density at radius 1 is 1.20 bits per heavy atom. The van der Waals surface area contributed by atoms with Crippen LogP contribution in [0.25, 0.3) is 0 Å². The van der Waals surface area contributed by atoms with Gasteiger partial charge in [0.2, 0.25) is 5.91 Å². The van der Waals surface area contributed by atoms with Gasteiger partial charge < -0.3 is 10.0 Å². The minimum absolute atomic E-state index is 0.163. The molecule has 1 saturated heterocycles. The van der Waals surface area contributed by atoms with Gasteiger partial charge in [-0.25, -0.2) is 0 Å². The van der Waals surface area contributed by atoms with Gasteiger partial charge in [0, 0.05) is 31.5 Å². The molecule has 3 nitrogen and oxygen atoms in total. The van der Waals surface area contributed by atoms with Crippen LogP contribution in [0.3, 0.4) is 0 Å². The summed E-state index contributed by atoms with van der Waals surface area (Å²) in [6.45, 7) is 3.25. The first kappa shape index (κ1) is 13.1. The van der Waals surface area contributed by atoms with E-state index in [1.807, 2.05) is 0 Å². The molecule has 4 bridgehead atoms. The molecule has 1 amide bonds. The molecule has 1 N–H and O–H groups in total. The van der Waals surface area contributed by atoms with E-state index in [0.717, 1.165) is 24.3 Å². The highest BCUT2D eigenvalue weighted by atomic mass is 16.3. The molecule has 5 fully saturated rings. The van der Waals surface area contributed by atoms with Gasteiger partial charge in [-0.15, -0.1) is 0 Å². The summed E-state index contributed by atoms with van der Waals surface area (Å²) in [7, 11) is 0. The summed E-state index contributed by atoms with van der Waals surface area (Å²) in [5, 5.41) is 9.34. The Bertz CT molecular complexity index is 384. The monoisotopic (exact) mass is 277 g/mol. The normalized spacial score (nSPS) is 48.1. The van der Waals surface area contributed by atoms with Gasteiger partial charge in [-0.2, -0.15) is 0 Å². The molecule has 2 atom stereocenters. The third-order valence-corrected chi connectivity index (χ3v) is 6.94. The Hall–Kier alpha value is -0.570. The molecule has 5 aliphatic rings. The summed E-state index contributed by atoms with van der Waals surface area (Å²) in [5.41, 5.74) is 0.411. The summed E-state index contributed by atoms with van der Waals surface area (Å²) < 4.78 is 0. The van der Waals surface area contributed by atoms with Gasteiger partial charge in [0.05, 0.1) is 0 Å². The van der Waals surface area contributed by atoms with Crippen molar-refractivity contribution in [1.82, 2.24) is 4.90 Å². The maximum absolute atomic E-state index is 12.3. The predicted molar refractivity (Wildman–Crippen MR) is 77.0 cm³/mol. The van der Waals surface area contributed by atoms with Crippen LogP contribution in [0.5, 0.6) is 0 Å². The third kappa shape index (κ3) is 1.85. The fourth-order valence-electron chi connectivity index (χ4n) is 6.33. The molecule has 5 rings (SSSR count). The summed E-state index contributed by atoms with van der Waals surface area (Å²) in [6.07, 6.45) is 9.00. The first-order chi connectivity index (χ1) is 9.59. The van der Waals surface area contributed by atoms with Crippen molar-refractivity contribution in [3.63, 3.8) is 0 Å². The van der Waals surface area contributed by atoms with Crippen LogP contribution in [-0.2, 0) is 4.79 Å². The number of aliphatic hydroxyl groups is 1. The van der Waals surface area contributed by atoms with Crippen molar-refractivity contribution in [3.05, 3.63) is 0 Å². The fourth-order valence-corrected chi connectivity index (χ4v) is 6.33. The smallest absolute Gasteiger partial charge is 0.223 e. The number of amides is 1. The molecular weight excluding hydrogens is 250 g/mol. The molecule has 0 aromatic heterocycles. The van der Waals surface area contributed by atoms with Crippen LogP contribution >= 0.6 is 0 Å². The SMILES string of the molecule is CC(N1CC(CO)CC1=O)C12CC3CC(CC(C3)C1)C2. The second kappa shape index (κ2) is 4.46. The van der Waals surface area contributed by atoms with E-state index in [9.17, 15) is 9.90 Å². The van der Waals surface area contributed by atoms with Gasteiger partial charge in [-0.3, -0.25) is 4.79 Å². The zero-order chi connectivity index (χ0) is 13.9. The Kier molecular flexibility index (Phi) is 2.93. The number of aliphatic hydroxyl groups excluding tert-OH is 1. The molecule has 20 heavy (non-hydrogen) atoms. The van der Waals surface area contributed by atoms with Crippen molar-refractivity contribution < 1.29 is 9.90 Å². The molecule has 0 aromatic rings. The maximum Gasteiger partial charge on any atom is 0.223 e. The molecule has 3 heteroatoms. The lowest BCUT2D eigenvalue weighted by Gasteiger charge is -2.60. The van der Waals surface area contributed by atoms with E-state index in [-0.39, 0.29) is 18.4 Å². The van der Waals surface area contributed by atoms with Gasteiger partial charge in [0.1, 0.15) is 0 Å². The standard InChI is InChI=1S/C17H27NO2/c1-11(18-9-15(10-19)5-16(18)20)17-6-12-2-13(7-17)4-14(3-12)8-17/h11-15,19H,2-10H2,1H3. The highest BCUT2D eigenvalue weighted by Crippen LogP contribution is 2.62. The van der Waals surface area contributed by atoms with Gasteiger partial charge in [-0.05, 0) is 68.6 Å². The van der Waals surface area contributed by atoms with Crippen LogP contribution < -0.4 is 0 Å². The Balaban J connectivity index is 1.56. The summed E-state index contributed by atoms with van der Waals surface area (Å²) in [5.74, 6) is 3.28. The van der Waals surface area contributed by atoms with Crippen molar-refractivity contribution in [3.8, 4) is 0 Å². The zero-order valence-corrected chi connectivity index (χ0v) is 12.6. The van der Waals surface area contributed by atoms with Crippen molar-refractivity contribution in [2.45, 2.75) is 57.9 Å². The molecular formula is C17H27NO2. The molecule has 0 aromatic carbocycles. The van der Waals surface area contributed by atoms with E-state index in [0.29, 0.717) is 17.9 Å². The fraction of sp³-hybridized carbons (Fsp3) is 0.941. The average Bonchev–Trinajstić information content (AvgIpc) is 2.77. The highest BCUT2D eigenvalue weighted by molar-refractivity contribution is 5.79. The quantitative estimate of drug-likeness (QED) is 0.860. The predicted octanol–water partition coefficient (Wildman–Crippen LogP) is 2.43. The van der Waals surface area contributed by atoms with Crippen LogP contribution in [0.2, 0.25) is 0 Å². The highest BCUT2D eigenvalue weighted by Gasteiger charge is 2.55. The Labute approximate surface area is 121 Å². The van der Waals surface area contributed by atoms with Crippen LogP contribution in [0.15, 0.2) is 0 Å². The summed E-state index contributed by atoms with van der Waals surface area (Å²) in [6, 6.07) is 0.389. The Morgan fingerprint density at radius 3 is 2.20 bits per heavy atom. The molecule has 1 heterocycles. The maximum atomic E-state index is 12.3. The van der Waals surface area contributed by atoms with Crippen LogP contribution in [0, 0.1) is 29.1 Å². The second-order valence-corrected chi connectivity index (χ2v) is 8.25. The summed E-state index contributed by atoms with van der Waals surface area (Å²) >= 11 is 0. The number of carbonyl (C=O) groups excluding carboxylic acids is 1. The molecule has 4 saturated carbocycles. The first-order valence-corrected chi connectivity index (χ1v) is 8.50. The number of hydrogen-bond acceptors (Lipinski definition) is 2. The second-order valence-electron chi connectivity index (χ2n) is 8.25. The van der Waals surface area contributed by atoms with Crippen LogP contribution in [-0.4, -0.2) is 35.1 Å². The lowest BCUT2D eigenvalue weighted by atomic mass is 9.47. The molecule has 0 radical (unpaired) electrons. The van der Waals surface area contributed by atoms with E-state index in [2.05, 4.69) is 11.8 Å². The third-order valence-electron chi connectivity index (χ3n) is 6.94. The van der Waals surface area contributed by atoms with Crippen LogP contribution in [0.4, 0.5) is 0 Å². The first-order valence-electron chi connectivity index (χ1n) is 8.50. The van der Waals surface area contributed by atoms with E-state index in [1.165, 1.54) is 38.5 Å². The largest absolute Gasteiger partial charge is 0.396 e. The molecule has 0 spiro atoms. The van der Waals surface area contributed by atoms with E-state index >= 15 is 0 Å². The van der Waals surface area contributed by atoms with Crippen LogP contribution in [0.1, 0.15) is 51.9 Å². The topological polar surface area (TPSA) is 40.5 Å². The number of hydrogen-bond donors (Lipinski definition) is 1. The Morgan fingerprint density at radius 2 is 1.75 bits per heavy atom. The number of rotatable bonds is 3. The number of carbonyl (C=O) groups is 1. The van der Waals surface area contributed by atoms with E-state index < -0.39 is 0 Å². The zero-order valence-electron chi connectivity index (χ0n) is 12.6. The van der Waals surface area contributed by atoms with E-state index in [1.54, 1.807) is 0 Å². The van der Waals surface area contributed by atoms with Crippen molar-refractivity contribution in [1.29, 1.82) is 0 Å². The molecule has 4 aliphatic carbocycles. The minimum atomic E-state index is 0.163. The van der Waals surface area contributed by atoms with Gasteiger partial charge in [-0.1, -0.05) is 0 Å². The molecule has 1 aliphatic heterocycles. The van der Waals surface area contributed by atoms with Gasteiger partial charge >= 0.3 is 0 Å². The molecule has 2 unspecified atom stereocenters. The minimum Gasteiger partial charge on any atom is -0.396 e. The van der Waals surface area contributed by atoms with Crippen molar-refractivity contribution in [2.75, 3.05) is 13.2 Å². The van der Waals surface area contributed by atoms with Crippen molar-refractivity contribution >= 4 is 5.91 Å². The van der Waals surface area contributed by atoms with Gasteiger partial charge in [0.25, 0.3) is 0 Å². The molecule has 112 valence electrons. The van der Waals surface area contributed by atoms with Gasteiger partial charge in [0.15, 0.2) is 0 Å². The number of likely N-dealkylation sites (tertiary alicyclic amines) is 1. The van der Waals surface area contributed by atoms with Crippen molar-refractivity contribution in [2.24, 2.45) is 29.1 Å². The average molecular weight is 277 g/mol. The lowest BCUT2D eigenvalue weighted by Crippen LogP contribution is -2.56. The number of nitrogens with zero attached hydrogens (tertiary/aromatic N) is 1. The summed E-state index contributed by atoms with van der Waals surface area (Å²) in [4.78, 5) is 14.4. The lowest BCUT2D eigenvalue weighted by molar-refractivity contribution is -0.140. The van der Waals surface area contributed by atoms with E-state index in [4.69, 9.17) is 0 Å².